The number of fused-ring (bicyclic) bond motifs is 1. The second kappa shape index (κ2) is 8.51. The second-order valence-electron chi connectivity index (χ2n) is 8.28. The first kappa shape index (κ1) is 21.4. The third kappa shape index (κ3) is 4.43. The highest BCUT2D eigenvalue weighted by Gasteiger charge is 2.39. The van der Waals surface area contributed by atoms with Crippen LogP contribution < -0.4 is 4.90 Å². The molecule has 0 aromatic heterocycles. The Morgan fingerprint density at radius 1 is 0.970 bits per heavy atom. The minimum atomic E-state index is -4.36. The molecule has 0 saturated carbocycles. The fraction of sp³-hybridized carbons (Fsp3) is 0.348. The van der Waals surface area contributed by atoms with E-state index in [1.165, 1.54) is 17.1 Å². The molecule has 2 aromatic rings. The Morgan fingerprint density at radius 2 is 1.73 bits per heavy atom. The van der Waals surface area contributed by atoms with Crippen LogP contribution in [0.1, 0.15) is 17.5 Å². The molecule has 3 heterocycles. The van der Waals surface area contributed by atoms with Crippen LogP contribution in [-0.4, -0.2) is 71.8 Å². The van der Waals surface area contributed by atoms with E-state index in [9.17, 15) is 18.0 Å². The van der Waals surface area contributed by atoms with Crippen molar-refractivity contribution >= 4 is 23.6 Å². The first-order valence-electron chi connectivity index (χ1n) is 10.8. The molecule has 0 bridgehead atoms. The molecule has 1 unspecified atom stereocenters. The van der Waals surface area contributed by atoms with Crippen molar-refractivity contribution in [2.45, 2.75) is 18.6 Å². The molecule has 2 aromatic carbocycles. The first-order chi connectivity index (χ1) is 15.9. The maximum absolute atomic E-state index is 13.0. The summed E-state index contributed by atoms with van der Waals surface area (Å²) in [5.74, 6) is -0.104. The number of alkyl halides is 3. The number of hydrogen-bond acceptors (Lipinski definition) is 6. The first-order valence-corrected chi connectivity index (χ1v) is 10.8. The summed E-state index contributed by atoms with van der Waals surface area (Å²) in [5.41, 5.74) is 1.76. The zero-order valence-electron chi connectivity index (χ0n) is 17.8. The Balaban J connectivity index is 1.17. The van der Waals surface area contributed by atoms with Gasteiger partial charge in [-0.15, -0.1) is 0 Å². The molecule has 0 radical (unpaired) electrons. The predicted octanol–water partition coefficient (Wildman–Crippen LogP) is 3.05. The fourth-order valence-corrected chi connectivity index (χ4v) is 4.31. The van der Waals surface area contributed by atoms with Crippen molar-refractivity contribution in [3.05, 3.63) is 65.7 Å². The highest BCUT2D eigenvalue weighted by molar-refractivity contribution is 6.06. The molecule has 3 aliphatic heterocycles. The molecule has 0 N–H and O–H groups in total. The average molecular weight is 456 g/mol. The molecular formula is C23H23F3N6O. The van der Waals surface area contributed by atoms with E-state index in [-0.39, 0.29) is 5.91 Å². The van der Waals surface area contributed by atoms with Gasteiger partial charge in [-0.25, -0.2) is 10.0 Å². The van der Waals surface area contributed by atoms with Crippen molar-refractivity contribution in [1.29, 1.82) is 0 Å². The molecule has 33 heavy (non-hydrogen) atoms. The fourth-order valence-electron chi connectivity index (χ4n) is 4.31. The summed E-state index contributed by atoms with van der Waals surface area (Å²) in [5, 5.41) is 11.9. The molecule has 7 nitrogen and oxygen atoms in total. The zero-order valence-corrected chi connectivity index (χ0v) is 17.8. The normalized spacial score (nSPS) is 21.4. The van der Waals surface area contributed by atoms with E-state index in [0.29, 0.717) is 45.0 Å². The molecule has 172 valence electrons. The van der Waals surface area contributed by atoms with Crippen LogP contribution in [0.4, 0.5) is 18.9 Å². The van der Waals surface area contributed by atoms with Gasteiger partial charge in [0.05, 0.1) is 17.9 Å². The predicted molar refractivity (Wildman–Crippen MR) is 119 cm³/mol. The van der Waals surface area contributed by atoms with Crippen LogP contribution in [-0.2, 0) is 11.0 Å². The van der Waals surface area contributed by atoms with Crippen LogP contribution >= 0.6 is 0 Å². The number of rotatable bonds is 4. The van der Waals surface area contributed by atoms with Gasteiger partial charge in [0.15, 0.2) is 0 Å². The van der Waals surface area contributed by atoms with Gasteiger partial charge in [0, 0.05) is 38.3 Å². The summed E-state index contributed by atoms with van der Waals surface area (Å²) in [7, 11) is 0. The van der Waals surface area contributed by atoms with Gasteiger partial charge in [-0.05, 0) is 23.8 Å². The third-order valence-electron chi connectivity index (χ3n) is 6.14. The van der Waals surface area contributed by atoms with Gasteiger partial charge in [-0.3, -0.25) is 9.69 Å². The quantitative estimate of drug-likeness (QED) is 0.710. The lowest BCUT2D eigenvalue weighted by atomic mass is 10.0. The number of anilines is 1. The third-order valence-corrected chi connectivity index (χ3v) is 6.14. The monoisotopic (exact) mass is 456 g/mol. The number of hydrazone groups is 2. The maximum Gasteiger partial charge on any atom is 0.416 e. The van der Waals surface area contributed by atoms with Crippen LogP contribution in [0.25, 0.3) is 0 Å². The number of amides is 1. The van der Waals surface area contributed by atoms with Crippen molar-refractivity contribution in [1.82, 2.24) is 14.9 Å². The summed E-state index contributed by atoms with van der Waals surface area (Å²) in [6.45, 7) is 2.73. The van der Waals surface area contributed by atoms with Gasteiger partial charge in [0.25, 0.3) is 5.91 Å². The number of hydrogen-bond donors (Lipinski definition) is 0. The molecule has 0 aliphatic carbocycles. The molecule has 0 spiro atoms. The minimum Gasteiger partial charge on any atom is -0.369 e. The number of benzene rings is 2. The zero-order chi connectivity index (χ0) is 23.0. The Kier molecular flexibility index (Phi) is 5.53. The average Bonchev–Trinajstić information content (AvgIpc) is 3.27. The highest BCUT2D eigenvalue weighted by Crippen LogP contribution is 2.32. The lowest BCUT2D eigenvalue weighted by Gasteiger charge is -2.38. The largest absolute Gasteiger partial charge is 0.416 e. The summed E-state index contributed by atoms with van der Waals surface area (Å²) < 4.78 is 39.1. The molecule has 1 atom stereocenters. The lowest BCUT2D eigenvalue weighted by Crippen LogP contribution is -2.54. The van der Waals surface area contributed by atoms with Gasteiger partial charge in [-0.2, -0.15) is 23.4 Å². The number of carbonyl (C=O) groups is 1. The van der Waals surface area contributed by atoms with E-state index in [1.54, 1.807) is 17.4 Å². The highest BCUT2D eigenvalue weighted by atomic mass is 19.4. The van der Waals surface area contributed by atoms with Crippen LogP contribution in [0, 0.1) is 0 Å². The minimum absolute atomic E-state index is 0.104. The van der Waals surface area contributed by atoms with E-state index >= 15 is 0 Å². The van der Waals surface area contributed by atoms with E-state index < -0.39 is 17.8 Å². The topological polar surface area (TPSA) is 54.8 Å². The molecular weight excluding hydrogens is 433 g/mol. The molecule has 5 rings (SSSR count). The van der Waals surface area contributed by atoms with Crippen molar-refractivity contribution in [3.8, 4) is 0 Å². The van der Waals surface area contributed by atoms with Gasteiger partial charge < -0.3 is 4.90 Å². The van der Waals surface area contributed by atoms with Gasteiger partial charge >= 0.3 is 6.18 Å². The van der Waals surface area contributed by atoms with E-state index in [2.05, 4.69) is 15.1 Å². The van der Waals surface area contributed by atoms with Gasteiger partial charge in [-0.1, -0.05) is 36.4 Å². The van der Waals surface area contributed by atoms with Crippen LogP contribution in [0.5, 0.6) is 0 Å². The van der Waals surface area contributed by atoms with Crippen molar-refractivity contribution in [2.24, 2.45) is 10.2 Å². The maximum atomic E-state index is 13.0. The summed E-state index contributed by atoms with van der Waals surface area (Å²) >= 11 is 0. The number of piperazine rings is 1. The van der Waals surface area contributed by atoms with E-state index in [0.717, 1.165) is 17.3 Å². The SMILES string of the molecule is O=C1C2CC(c3ccccc3)=NN2C=NN1CN1CCN(c2cccc(C(F)(F)F)c2)CC1. The van der Waals surface area contributed by atoms with Crippen LogP contribution in [0.2, 0.25) is 0 Å². The van der Waals surface area contributed by atoms with Crippen molar-refractivity contribution in [2.75, 3.05) is 37.7 Å². The smallest absolute Gasteiger partial charge is 0.369 e. The van der Waals surface area contributed by atoms with Crippen LogP contribution in [0.15, 0.2) is 64.8 Å². The number of nitrogens with zero attached hydrogens (tertiary/aromatic N) is 6. The molecule has 1 amide bonds. The summed E-state index contributed by atoms with van der Waals surface area (Å²) in [4.78, 5) is 17.1. The standard InChI is InChI=1S/C23H23F3N6O/c24-23(25,26)18-7-4-8-19(13-18)30-11-9-29(10-12-30)16-32-22(33)21-14-20(28-31(21)15-27-32)17-5-2-1-3-6-17/h1-8,13,15,21H,9-12,14,16H2. The van der Waals surface area contributed by atoms with Gasteiger partial charge in [0.1, 0.15) is 12.4 Å². The van der Waals surface area contributed by atoms with Gasteiger partial charge in [0.2, 0.25) is 0 Å². The summed E-state index contributed by atoms with van der Waals surface area (Å²) in [6.07, 6.45) is -2.25. The summed E-state index contributed by atoms with van der Waals surface area (Å²) in [6, 6.07) is 14.8. The Labute approximate surface area is 189 Å². The van der Waals surface area contributed by atoms with Crippen LogP contribution in [0.3, 0.4) is 0 Å². The Hall–Kier alpha value is -3.40. The Morgan fingerprint density at radius 3 is 2.45 bits per heavy atom. The van der Waals surface area contributed by atoms with Crippen molar-refractivity contribution < 1.29 is 18.0 Å². The molecule has 3 aliphatic rings. The molecule has 1 saturated heterocycles. The lowest BCUT2D eigenvalue weighted by molar-refractivity contribution is -0.139. The number of halogens is 3. The van der Waals surface area contributed by atoms with Crippen molar-refractivity contribution in [3.63, 3.8) is 0 Å². The Bertz CT molecular complexity index is 1080. The molecule has 10 heteroatoms. The molecule has 1 fully saturated rings. The second-order valence-corrected chi connectivity index (χ2v) is 8.28. The van der Waals surface area contributed by atoms with E-state index in [1.807, 2.05) is 35.2 Å². The van der Waals surface area contributed by atoms with E-state index in [4.69, 9.17) is 0 Å². The number of carbonyl (C=O) groups excluding carboxylic acids is 1.